The van der Waals surface area contributed by atoms with E-state index >= 15 is 0 Å². The van der Waals surface area contributed by atoms with Crippen LogP contribution in [0.1, 0.15) is 18.2 Å². The standard InChI is InChI=1S/C13H20N2O2/c1-2-10-3-4-11(15-8-10)7-12(14)13-9-16-5-6-17-13/h3-4,8,12-13H,2,5-7,9,14H2,1H3. The molecular weight excluding hydrogens is 216 g/mol. The van der Waals surface area contributed by atoms with Gasteiger partial charge >= 0.3 is 0 Å². The van der Waals surface area contributed by atoms with Gasteiger partial charge in [-0.2, -0.15) is 0 Å². The number of nitrogens with zero attached hydrogens (tertiary/aromatic N) is 1. The van der Waals surface area contributed by atoms with E-state index in [1.54, 1.807) is 0 Å². The van der Waals surface area contributed by atoms with Gasteiger partial charge < -0.3 is 15.2 Å². The van der Waals surface area contributed by atoms with Crippen molar-refractivity contribution in [2.75, 3.05) is 19.8 Å². The maximum atomic E-state index is 6.11. The fourth-order valence-corrected chi connectivity index (χ4v) is 1.91. The van der Waals surface area contributed by atoms with Crippen molar-refractivity contribution in [1.82, 2.24) is 4.98 Å². The van der Waals surface area contributed by atoms with Gasteiger partial charge in [0, 0.05) is 24.4 Å². The van der Waals surface area contributed by atoms with Crippen molar-refractivity contribution in [3.8, 4) is 0 Å². The molecule has 2 rings (SSSR count). The van der Waals surface area contributed by atoms with Crippen LogP contribution in [-0.2, 0) is 22.3 Å². The molecule has 0 saturated carbocycles. The minimum absolute atomic E-state index is 0.00333. The number of ether oxygens (including phenoxy) is 2. The molecule has 2 atom stereocenters. The highest BCUT2D eigenvalue weighted by molar-refractivity contribution is 5.14. The minimum atomic E-state index is -0.0460. The van der Waals surface area contributed by atoms with E-state index in [1.165, 1.54) is 5.56 Å². The Kier molecular flexibility index (Phi) is 4.48. The van der Waals surface area contributed by atoms with Gasteiger partial charge in [0.05, 0.1) is 25.9 Å². The van der Waals surface area contributed by atoms with Crippen LogP contribution in [0.2, 0.25) is 0 Å². The molecule has 1 fully saturated rings. The Bertz CT molecular complexity index is 334. The fraction of sp³-hybridized carbons (Fsp3) is 0.615. The summed E-state index contributed by atoms with van der Waals surface area (Å²) in [5.74, 6) is 0. The quantitative estimate of drug-likeness (QED) is 0.845. The van der Waals surface area contributed by atoms with Crippen molar-refractivity contribution in [2.45, 2.75) is 31.9 Å². The highest BCUT2D eigenvalue weighted by atomic mass is 16.6. The Hall–Kier alpha value is -0.970. The first-order valence-corrected chi connectivity index (χ1v) is 6.18. The highest BCUT2D eigenvalue weighted by Crippen LogP contribution is 2.09. The second-order valence-corrected chi connectivity index (χ2v) is 4.36. The SMILES string of the molecule is CCc1ccc(CC(N)C2COCCO2)nc1. The first-order chi connectivity index (χ1) is 8.29. The van der Waals surface area contributed by atoms with Crippen LogP contribution in [0, 0.1) is 0 Å². The van der Waals surface area contributed by atoms with Gasteiger partial charge in [-0.1, -0.05) is 13.0 Å². The van der Waals surface area contributed by atoms with Gasteiger partial charge in [-0.05, 0) is 18.1 Å². The minimum Gasteiger partial charge on any atom is -0.376 e. The maximum absolute atomic E-state index is 6.11. The Morgan fingerprint density at radius 1 is 1.47 bits per heavy atom. The number of rotatable bonds is 4. The van der Waals surface area contributed by atoms with Crippen LogP contribution < -0.4 is 5.73 Å². The summed E-state index contributed by atoms with van der Waals surface area (Å²) in [7, 11) is 0. The number of nitrogens with two attached hydrogens (primary N) is 1. The summed E-state index contributed by atoms with van der Waals surface area (Å²) in [4.78, 5) is 4.41. The molecule has 0 radical (unpaired) electrons. The molecule has 1 aromatic rings. The van der Waals surface area contributed by atoms with Crippen LogP contribution in [0.15, 0.2) is 18.3 Å². The van der Waals surface area contributed by atoms with Crippen molar-refractivity contribution >= 4 is 0 Å². The normalized spacial score (nSPS) is 22.4. The van der Waals surface area contributed by atoms with Crippen molar-refractivity contribution in [1.29, 1.82) is 0 Å². The third-order valence-corrected chi connectivity index (χ3v) is 3.06. The van der Waals surface area contributed by atoms with Crippen LogP contribution in [0.25, 0.3) is 0 Å². The van der Waals surface area contributed by atoms with Crippen molar-refractivity contribution in [3.63, 3.8) is 0 Å². The number of pyridine rings is 1. The Morgan fingerprint density at radius 3 is 2.94 bits per heavy atom. The topological polar surface area (TPSA) is 57.4 Å². The van der Waals surface area contributed by atoms with Crippen LogP contribution in [-0.4, -0.2) is 37.0 Å². The molecule has 17 heavy (non-hydrogen) atoms. The summed E-state index contributed by atoms with van der Waals surface area (Å²) in [6.07, 6.45) is 3.66. The Labute approximate surface area is 102 Å². The summed E-state index contributed by atoms with van der Waals surface area (Å²) in [6.45, 7) is 4.02. The van der Waals surface area contributed by atoms with Crippen LogP contribution in [0.4, 0.5) is 0 Å². The van der Waals surface area contributed by atoms with Gasteiger partial charge in [-0.25, -0.2) is 0 Å². The predicted octanol–water partition coefficient (Wildman–Crippen LogP) is 0.929. The molecule has 1 aliphatic rings. The molecule has 1 aromatic heterocycles. The van der Waals surface area contributed by atoms with Gasteiger partial charge in [0.2, 0.25) is 0 Å². The average molecular weight is 236 g/mol. The fourth-order valence-electron chi connectivity index (χ4n) is 1.91. The third kappa shape index (κ3) is 3.49. The van der Waals surface area contributed by atoms with Gasteiger partial charge in [-0.3, -0.25) is 4.98 Å². The van der Waals surface area contributed by atoms with E-state index in [2.05, 4.69) is 18.0 Å². The van der Waals surface area contributed by atoms with E-state index < -0.39 is 0 Å². The molecule has 2 unspecified atom stereocenters. The number of aryl methyl sites for hydroxylation is 1. The van der Waals surface area contributed by atoms with E-state index in [0.717, 1.165) is 18.5 Å². The van der Waals surface area contributed by atoms with E-state index in [4.69, 9.17) is 15.2 Å². The van der Waals surface area contributed by atoms with Crippen LogP contribution in [0.3, 0.4) is 0 Å². The second kappa shape index (κ2) is 6.10. The molecule has 0 amide bonds. The zero-order valence-electron chi connectivity index (χ0n) is 10.3. The van der Waals surface area contributed by atoms with Gasteiger partial charge in [0.15, 0.2) is 0 Å². The second-order valence-electron chi connectivity index (χ2n) is 4.36. The van der Waals surface area contributed by atoms with Crippen molar-refractivity contribution < 1.29 is 9.47 Å². The number of hydrogen-bond acceptors (Lipinski definition) is 4. The highest BCUT2D eigenvalue weighted by Gasteiger charge is 2.22. The largest absolute Gasteiger partial charge is 0.376 e. The maximum Gasteiger partial charge on any atom is 0.0963 e. The molecular formula is C13H20N2O2. The van der Waals surface area contributed by atoms with E-state index in [-0.39, 0.29) is 12.1 Å². The Morgan fingerprint density at radius 2 is 2.35 bits per heavy atom. The molecule has 94 valence electrons. The van der Waals surface area contributed by atoms with Gasteiger partial charge in [0.1, 0.15) is 0 Å². The van der Waals surface area contributed by atoms with E-state index in [0.29, 0.717) is 19.8 Å². The Balaban J connectivity index is 1.89. The summed E-state index contributed by atoms with van der Waals surface area (Å²) in [5.41, 5.74) is 8.37. The molecule has 0 spiro atoms. The van der Waals surface area contributed by atoms with E-state index in [1.807, 2.05) is 12.3 Å². The lowest BCUT2D eigenvalue weighted by Crippen LogP contribution is -2.45. The summed E-state index contributed by atoms with van der Waals surface area (Å²) in [6, 6.07) is 4.10. The zero-order valence-corrected chi connectivity index (χ0v) is 10.3. The lowest BCUT2D eigenvalue weighted by Gasteiger charge is -2.27. The van der Waals surface area contributed by atoms with Crippen LogP contribution >= 0.6 is 0 Å². The molecule has 1 saturated heterocycles. The van der Waals surface area contributed by atoms with Crippen molar-refractivity contribution in [2.24, 2.45) is 5.73 Å². The first-order valence-electron chi connectivity index (χ1n) is 6.18. The zero-order chi connectivity index (χ0) is 12.1. The molecule has 0 aliphatic carbocycles. The number of hydrogen-bond donors (Lipinski definition) is 1. The molecule has 2 N–H and O–H groups in total. The lowest BCUT2D eigenvalue weighted by atomic mass is 10.1. The van der Waals surface area contributed by atoms with E-state index in [9.17, 15) is 0 Å². The monoisotopic (exact) mass is 236 g/mol. The first kappa shape index (κ1) is 12.5. The molecule has 0 aromatic carbocycles. The number of aromatic nitrogens is 1. The average Bonchev–Trinajstić information content (AvgIpc) is 2.40. The molecule has 0 bridgehead atoms. The van der Waals surface area contributed by atoms with Crippen LogP contribution in [0.5, 0.6) is 0 Å². The van der Waals surface area contributed by atoms with Gasteiger partial charge in [0.25, 0.3) is 0 Å². The molecule has 1 aliphatic heterocycles. The lowest BCUT2D eigenvalue weighted by molar-refractivity contribution is -0.0968. The van der Waals surface area contributed by atoms with Crippen molar-refractivity contribution in [3.05, 3.63) is 29.6 Å². The molecule has 4 nitrogen and oxygen atoms in total. The smallest absolute Gasteiger partial charge is 0.0963 e. The predicted molar refractivity (Wildman–Crippen MR) is 65.9 cm³/mol. The summed E-state index contributed by atoms with van der Waals surface area (Å²) < 4.78 is 10.9. The third-order valence-electron chi connectivity index (χ3n) is 3.06. The van der Waals surface area contributed by atoms with Gasteiger partial charge in [-0.15, -0.1) is 0 Å². The summed E-state index contributed by atoms with van der Waals surface area (Å²) >= 11 is 0. The molecule has 4 heteroatoms. The summed E-state index contributed by atoms with van der Waals surface area (Å²) in [5, 5.41) is 0. The molecule has 2 heterocycles.